The van der Waals surface area contributed by atoms with Gasteiger partial charge >= 0.3 is 0 Å². The molecule has 126 valence electrons. The lowest BCUT2D eigenvalue weighted by Gasteiger charge is -2.17. The summed E-state index contributed by atoms with van der Waals surface area (Å²) in [5.74, 6) is 0.920. The number of hydrogen-bond donors (Lipinski definition) is 2. The summed E-state index contributed by atoms with van der Waals surface area (Å²) in [6.45, 7) is 5.44. The van der Waals surface area contributed by atoms with Gasteiger partial charge in [0.25, 0.3) is 0 Å². The summed E-state index contributed by atoms with van der Waals surface area (Å²) < 4.78 is 23.5. The van der Waals surface area contributed by atoms with Crippen LogP contribution in [-0.4, -0.2) is 45.5 Å². The molecule has 22 heavy (non-hydrogen) atoms. The fraction of sp³-hybridized carbons (Fsp3) is 0.643. The molecule has 0 bridgehead atoms. The maximum atomic E-state index is 11.2. The average Bonchev–Trinajstić information content (AvgIpc) is 2.81. The van der Waals surface area contributed by atoms with E-state index in [-0.39, 0.29) is 11.8 Å². The quantitative estimate of drug-likeness (QED) is 0.510. The largest absolute Gasteiger partial charge is 0.357 e. The molecule has 0 aliphatic carbocycles. The molecule has 0 fully saturated rings. The zero-order valence-electron chi connectivity index (χ0n) is 13.2. The molecular weight excluding hydrogens is 386 g/mol. The van der Waals surface area contributed by atoms with E-state index in [2.05, 4.69) is 37.6 Å². The number of nitrogens with zero attached hydrogens (tertiary/aromatic N) is 1. The van der Waals surface area contributed by atoms with Crippen LogP contribution >= 0.6 is 27.3 Å². The third-order valence-corrected chi connectivity index (χ3v) is 5.57. The van der Waals surface area contributed by atoms with Crippen molar-refractivity contribution < 1.29 is 8.42 Å². The van der Waals surface area contributed by atoms with E-state index in [9.17, 15) is 8.42 Å². The number of aliphatic imine (C=N–C) groups is 1. The van der Waals surface area contributed by atoms with Gasteiger partial charge in [0.2, 0.25) is 0 Å². The predicted molar refractivity (Wildman–Crippen MR) is 98.6 cm³/mol. The Morgan fingerprint density at radius 2 is 2.18 bits per heavy atom. The van der Waals surface area contributed by atoms with Gasteiger partial charge in [-0.1, -0.05) is 0 Å². The molecule has 2 N–H and O–H groups in total. The molecule has 1 unspecified atom stereocenters. The highest BCUT2D eigenvalue weighted by molar-refractivity contribution is 9.11. The molecule has 0 spiro atoms. The Hall–Kier alpha value is -0.600. The van der Waals surface area contributed by atoms with Gasteiger partial charge in [-0.25, -0.2) is 8.42 Å². The standard InChI is InChI=1S/C14H24BrN3O2S2/c1-4-16-14(18-11(2)8-10-22(3,19)20)17-9-7-12-5-6-13(15)21-12/h5-6,11H,4,7-10H2,1-3H3,(H2,16,17,18). The fourth-order valence-corrected chi connectivity index (χ4v) is 4.03. The van der Waals surface area contributed by atoms with Crippen molar-refractivity contribution in [1.82, 2.24) is 10.6 Å². The molecule has 1 atom stereocenters. The first-order valence-corrected chi connectivity index (χ1v) is 10.9. The maximum Gasteiger partial charge on any atom is 0.191 e. The second-order valence-electron chi connectivity index (χ2n) is 5.18. The Bertz CT molecular complexity index is 585. The van der Waals surface area contributed by atoms with Crippen LogP contribution < -0.4 is 10.6 Å². The molecule has 1 rings (SSSR count). The summed E-state index contributed by atoms with van der Waals surface area (Å²) in [6, 6.07) is 4.20. The van der Waals surface area contributed by atoms with Gasteiger partial charge in [-0.15, -0.1) is 11.3 Å². The Morgan fingerprint density at radius 1 is 1.45 bits per heavy atom. The van der Waals surface area contributed by atoms with E-state index in [0.717, 1.165) is 22.7 Å². The normalized spacial score (nSPS) is 13.9. The zero-order valence-corrected chi connectivity index (χ0v) is 16.4. The third-order valence-electron chi connectivity index (χ3n) is 2.91. The minimum Gasteiger partial charge on any atom is -0.357 e. The van der Waals surface area contributed by atoms with Crippen molar-refractivity contribution >= 4 is 43.1 Å². The molecular formula is C14H24BrN3O2S2. The molecule has 5 nitrogen and oxygen atoms in total. The van der Waals surface area contributed by atoms with Gasteiger partial charge in [-0.3, -0.25) is 4.99 Å². The van der Waals surface area contributed by atoms with E-state index >= 15 is 0 Å². The molecule has 0 saturated heterocycles. The lowest BCUT2D eigenvalue weighted by Crippen LogP contribution is -2.43. The minimum atomic E-state index is -2.92. The van der Waals surface area contributed by atoms with E-state index in [1.165, 1.54) is 11.1 Å². The number of rotatable bonds is 8. The van der Waals surface area contributed by atoms with Gasteiger partial charge in [-0.2, -0.15) is 0 Å². The second kappa shape index (κ2) is 9.52. The molecule has 0 aliphatic rings. The van der Waals surface area contributed by atoms with Gasteiger partial charge < -0.3 is 10.6 Å². The summed E-state index contributed by atoms with van der Waals surface area (Å²) in [5, 5.41) is 6.44. The molecule has 0 saturated carbocycles. The first-order valence-electron chi connectivity index (χ1n) is 7.27. The van der Waals surface area contributed by atoms with E-state index in [4.69, 9.17) is 0 Å². The Kier molecular flexibility index (Phi) is 8.41. The van der Waals surface area contributed by atoms with Crippen LogP contribution in [0.25, 0.3) is 0 Å². The Morgan fingerprint density at radius 3 is 2.73 bits per heavy atom. The maximum absolute atomic E-state index is 11.2. The van der Waals surface area contributed by atoms with Crippen molar-refractivity contribution in [3.05, 3.63) is 20.8 Å². The van der Waals surface area contributed by atoms with E-state index in [1.807, 2.05) is 19.9 Å². The third kappa shape index (κ3) is 8.75. The van der Waals surface area contributed by atoms with Crippen molar-refractivity contribution in [3.63, 3.8) is 0 Å². The highest BCUT2D eigenvalue weighted by Gasteiger charge is 2.09. The van der Waals surface area contributed by atoms with Crippen molar-refractivity contribution in [3.8, 4) is 0 Å². The van der Waals surface area contributed by atoms with Crippen LogP contribution in [0.2, 0.25) is 0 Å². The molecule has 0 amide bonds. The first kappa shape index (κ1) is 19.4. The van der Waals surface area contributed by atoms with Crippen molar-refractivity contribution in [2.75, 3.05) is 25.1 Å². The Labute approximate surface area is 145 Å². The molecule has 0 aliphatic heterocycles. The number of sulfone groups is 1. The molecule has 0 aromatic carbocycles. The number of nitrogens with one attached hydrogen (secondary N) is 2. The summed E-state index contributed by atoms with van der Waals surface area (Å²) in [4.78, 5) is 5.83. The number of hydrogen-bond acceptors (Lipinski definition) is 4. The molecule has 0 radical (unpaired) electrons. The van der Waals surface area contributed by atoms with Crippen LogP contribution in [0.4, 0.5) is 0 Å². The lowest BCUT2D eigenvalue weighted by molar-refractivity contribution is 0.581. The monoisotopic (exact) mass is 409 g/mol. The minimum absolute atomic E-state index is 0.0587. The summed E-state index contributed by atoms with van der Waals surface area (Å²) in [5.41, 5.74) is 0. The van der Waals surface area contributed by atoms with Crippen LogP contribution in [0.5, 0.6) is 0 Å². The molecule has 1 aromatic heterocycles. The van der Waals surface area contributed by atoms with Crippen molar-refractivity contribution in [2.24, 2.45) is 4.99 Å². The van der Waals surface area contributed by atoms with Gasteiger partial charge in [0, 0.05) is 36.7 Å². The fourth-order valence-electron chi connectivity index (χ4n) is 1.78. The van der Waals surface area contributed by atoms with Crippen molar-refractivity contribution in [2.45, 2.75) is 32.7 Å². The lowest BCUT2D eigenvalue weighted by atomic mass is 10.3. The smallest absolute Gasteiger partial charge is 0.191 e. The Balaban J connectivity index is 2.47. The zero-order chi connectivity index (χ0) is 16.6. The molecule has 1 aromatic rings. The van der Waals surface area contributed by atoms with Gasteiger partial charge in [-0.05, 0) is 48.3 Å². The summed E-state index contributed by atoms with van der Waals surface area (Å²) in [6.07, 6.45) is 2.73. The van der Waals surface area contributed by atoms with Crippen LogP contribution in [-0.2, 0) is 16.3 Å². The average molecular weight is 410 g/mol. The van der Waals surface area contributed by atoms with Crippen LogP contribution in [0.1, 0.15) is 25.1 Å². The molecule has 8 heteroatoms. The summed E-state index contributed by atoms with van der Waals surface area (Å²) in [7, 11) is -2.92. The van der Waals surface area contributed by atoms with Crippen LogP contribution in [0.3, 0.4) is 0 Å². The van der Waals surface area contributed by atoms with E-state index < -0.39 is 9.84 Å². The number of thiophene rings is 1. The van der Waals surface area contributed by atoms with Gasteiger partial charge in [0.15, 0.2) is 5.96 Å². The topological polar surface area (TPSA) is 70.6 Å². The summed E-state index contributed by atoms with van der Waals surface area (Å²) >= 11 is 5.17. The second-order valence-corrected chi connectivity index (χ2v) is 9.99. The number of halogens is 1. The van der Waals surface area contributed by atoms with Gasteiger partial charge in [0.1, 0.15) is 9.84 Å². The first-order chi connectivity index (χ1) is 10.3. The van der Waals surface area contributed by atoms with Crippen molar-refractivity contribution in [1.29, 1.82) is 0 Å². The van der Waals surface area contributed by atoms with Gasteiger partial charge in [0.05, 0.1) is 9.54 Å². The number of guanidine groups is 1. The highest BCUT2D eigenvalue weighted by Crippen LogP contribution is 2.22. The van der Waals surface area contributed by atoms with E-state index in [0.29, 0.717) is 13.0 Å². The highest BCUT2D eigenvalue weighted by atomic mass is 79.9. The van der Waals surface area contributed by atoms with Crippen LogP contribution in [0.15, 0.2) is 20.9 Å². The molecule has 1 heterocycles. The SMILES string of the molecule is CCNC(=NCCc1ccc(Br)s1)NC(C)CCS(C)(=O)=O. The predicted octanol–water partition coefficient (Wildman–Crippen LogP) is 2.43. The van der Waals surface area contributed by atoms with Crippen LogP contribution in [0, 0.1) is 0 Å². The van der Waals surface area contributed by atoms with E-state index in [1.54, 1.807) is 11.3 Å².